The van der Waals surface area contributed by atoms with Gasteiger partial charge in [0.15, 0.2) is 8.07 Å². The molecule has 0 unspecified atom stereocenters. The molecule has 0 spiro atoms. The second-order valence-electron chi connectivity index (χ2n) is 16.8. The molecular formula is C60H40N2OSi. The van der Waals surface area contributed by atoms with Crippen molar-refractivity contribution in [1.29, 1.82) is 0 Å². The third-order valence-electron chi connectivity index (χ3n) is 13.5. The average Bonchev–Trinajstić information content (AvgIpc) is 4.03. The molecule has 10 aromatic carbocycles. The lowest BCUT2D eigenvalue weighted by Gasteiger charge is -2.34. The maximum absolute atomic E-state index is 6.66. The van der Waals surface area contributed by atoms with Gasteiger partial charge in [0.2, 0.25) is 0 Å². The fourth-order valence-electron chi connectivity index (χ4n) is 10.8. The second kappa shape index (κ2) is 14.5. The Hall–Kier alpha value is -8.18. The molecule has 3 heterocycles. The van der Waals surface area contributed by atoms with Crippen molar-refractivity contribution in [2.45, 2.75) is 0 Å². The lowest BCUT2D eigenvalue weighted by Crippen LogP contribution is -2.74. The number of aromatic nitrogens is 2. The molecule has 3 aromatic heterocycles. The zero-order valence-electron chi connectivity index (χ0n) is 34.9. The van der Waals surface area contributed by atoms with E-state index in [9.17, 15) is 0 Å². The summed E-state index contributed by atoms with van der Waals surface area (Å²) in [5.74, 6) is 0. The van der Waals surface area contributed by atoms with E-state index < -0.39 is 8.07 Å². The molecule has 13 aromatic rings. The van der Waals surface area contributed by atoms with Gasteiger partial charge in [-0.15, -0.1) is 0 Å². The fraction of sp³-hybridized carbons (Fsp3) is 0. The van der Waals surface area contributed by atoms with E-state index in [2.05, 4.69) is 246 Å². The van der Waals surface area contributed by atoms with Crippen LogP contribution in [-0.4, -0.2) is 17.2 Å². The van der Waals surface area contributed by atoms with Crippen molar-refractivity contribution in [3.8, 4) is 22.5 Å². The van der Waals surface area contributed by atoms with Crippen LogP contribution in [-0.2, 0) is 0 Å². The number of hydrogen-bond acceptors (Lipinski definition) is 1. The van der Waals surface area contributed by atoms with E-state index in [1.54, 1.807) is 0 Å². The van der Waals surface area contributed by atoms with Crippen LogP contribution in [0.4, 0.5) is 0 Å². The number of nitrogens with zero attached hydrogens (tertiary/aromatic N) is 2. The average molecular weight is 833 g/mol. The number of hydrogen-bond donors (Lipinski definition) is 0. The molecule has 0 aliphatic rings. The van der Waals surface area contributed by atoms with Crippen molar-refractivity contribution < 1.29 is 4.42 Å². The molecule has 0 bridgehead atoms. The first-order chi connectivity index (χ1) is 31.8. The van der Waals surface area contributed by atoms with Gasteiger partial charge in [-0.2, -0.15) is 0 Å². The minimum Gasteiger partial charge on any atom is -0.455 e. The molecule has 0 saturated carbocycles. The summed E-state index contributed by atoms with van der Waals surface area (Å²) in [6.07, 6.45) is 0. The van der Waals surface area contributed by atoms with Crippen LogP contribution in [0.25, 0.3) is 88.1 Å². The lowest BCUT2D eigenvalue weighted by molar-refractivity contribution is 0.670. The highest BCUT2D eigenvalue weighted by Gasteiger charge is 2.41. The molecular weight excluding hydrogens is 793 g/mol. The maximum atomic E-state index is 6.66. The number of fused-ring (bicyclic) bond motifs is 9. The zero-order chi connectivity index (χ0) is 42.2. The van der Waals surface area contributed by atoms with Crippen molar-refractivity contribution in [2.24, 2.45) is 0 Å². The van der Waals surface area contributed by atoms with Crippen LogP contribution < -0.4 is 20.7 Å². The molecule has 0 amide bonds. The SMILES string of the molecule is c1ccc([Si](c2ccccc2)(c2ccccc2)c2ccc(-n3c4ccccc4c4ccc(-n5c6ccccc6c6cccc(-c7cccc8c7oc7ccccc78)c65)cc43)cc2)cc1. The van der Waals surface area contributed by atoms with Crippen LogP contribution in [0.3, 0.4) is 0 Å². The molecule has 0 aliphatic carbocycles. The third kappa shape index (κ3) is 5.33. The quantitative estimate of drug-likeness (QED) is 0.116. The highest BCUT2D eigenvalue weighted by molar-refractivity contribution is 7.19. The summed E-state index contributed by atoms with van der Waals surface area (Å²) >= 11 is 0. The highest BCUT2D eigenvalue weighted by Crippen LogP contribution is 2.43. The molecule has 0 fully saturated rings. The van der Waals surface area contributed by atoms with E-state index in [4.69, 9.17) is 4.42 Å². The topological polar surface area (TPSA) is 23.0 Å². The smallest absolute Gasteiger partial charge is 0.179 e. The molecule has 0 radical (unpaired) electrons. The molecule has 300 valence electrons. The monoisotopic (exact) mass is 832 g/mol. The van der Waals surface area contributed by atoms with E-state index in [0.717, 1.165) is 61.0 Å². The first-order valence-electron chi connectivity index (χ1n) is 22.0. The molecule has 13 rings (SSSR count). The van der Waals surface area contributed by atoms with Gasteiger partial charge in [0.05, 0.1) is 22.1 Å². The summed E-state index contributed by atoms with van der Waals surface area (Å²) in [4.78, 5) is 0. The summed E-state index contributed by atoms with van der Waals surface area (Å²) in [7, 11) is -2.69. The van der Waals surface area contributed by atoms with Crippen LogP contribution >= 0.6 is 0 Å². The molecule has 0 aliphatic heterocycles. The summed E-state index contributed by atoms with van der Waals surface area (Å²) < 4.78 is 11.6. The molecule has 0 saturated heterocycles. The predicted octanol–water partition coefficient (Wildman–Crippen LogP) is 12.8. The number of para-hydroxylation sites is 5. The van der Waals surface area contributed by atoms with Gasteiger partial charge < -0.3 is 13.6 Å². The molecule has 64 heavy (non-hydrogen) atoms. The molecule has 0 N–H and O–H groups in total. The molecule has 0 atom stereocenters. The van der Waals surface area contributed by atoms with Gasteiger partial charge in [-0.05, 0) is 63.2 Å². The van der Waals surface area contributed by atoms with Crippen molar-refractivity contribution in [3.63, 3.8) is 0 Å². The maximum Gasteiger partial charge on any atom is 0.179 e. The van der Waals surface area contributed by atoms with E-state index in [0.29, 0.717) is 0 Å². The van der Waals surface area contributed by atoms with E-state index in [1.165, 1.54) is 47.8 Å². The molecule has 4 heteroatoms. The van der Waals surface area contributed by atoms with Crippen LogP contribution in [0.5, 0.6) is 0 Å². The zero-order valence-corrected chi connectivity index (χ0v) is 35.9. The van der Waals surface area contributed by atoms with Gasteiger partial charge in [-0.1, -0.05) is 200 Å². The minimum atomic E-state index is -2.69. The van der Waals surface area contributed by atoms with Crippen molar-refractivity contribution in [1.82, 2.24) is 9.13 Å². The Bertz CT molecular complexity index is 3790. The Balaban J connectivity index is 1.04. The van der Waals surface area contributed by atoms with Gasteiger partial charge in [-0.3, -0.25) is 0 Å². The van der Waals surface area contributed by atoms with Crippen molar-refractivity contribution in [2.75, 3.05) is 0 Å². The summed E-state index contributed by atoms with van der Waals surface area (Å²) in [5.41, 5.74) is 10.9. The standard InChI is InChI=1S/C60H40N2OSi/c1-4-18-43(19-5-1)64(44-20-6-2-7-21-44,45-22-8-3-9-23-45)46-37-34-41(35-38-46)61-55-31-13-10-24-47(55)49-39-36-42(40-57(49)61)62-56-32-14-11-25-48(56)51-27-16-28-52(59(51)62)54-30-17-29-53-50-26-12-15-33-58(50)63-60(53)54/h1-40H. The Morgan fingerprint density at radius 2 is 0.766 bits per heavy atom. The van der Waals surface area contributed by atoms with Crippen LogP contribution in [0.1, 0.15) is 0 Å². The van der Waals surface area contributed by atoms with Crippen LogP contribution in [0.15, 0.2) is 247 Å². The number of benzene rings is 10. The van der Waals surface area contributed by atoms with E-state index in [-0.39, 0.29) is 0 Å². The minimum absolute atomic E-state index is 0.900. The fourth-order valence-corrected chi connectivity index (χ4v) is 15.5. The second-order valence-corrected chi connectivity index (χ2v) is 20.6. The van der Waals surface area contributed by atoms with E-state index in [1.807, 2.05) is 6.07 Å². The van der Waals surface area contributed by atoms with Gasteiger partial charge in [0.1, 0.15) is 11.2 Å². The molecule has 3 nitrogen and oxygen atoms in total. The third-order valence-corrected chi connectivity index (χ3v) is 18.3. The van der Waals surface area contributed by atoms with Gasteiger partial charge in [0, 0.05) is 54.8 Å². The van der Waals surface area contributed by atoms with Crippen LogP contribution in [0, 0.1) is 0 Å². The normalized spacial score (nSPS) is 12.1. The first-order valence-corrected chi connectivity index (χ1v) is 24.0. The summed E-state index contributed by atoms with van der Waals surface area (Å²) in [6.45, 7) is 0. The van der Waals surface area contributed by atoms with Gasteiger partial charge in [-0.25, -0.2) is 0 Å². The van der Waals surface area contributed by atoms with E-state index >= 15 is 0 Å². The summed E-state index contributed by atoms with van der Waals surface area (Å²) in [6, 6.07) is 89.1. The number of furan rings is 1. The highest BCUT2D eigenvalue weighted by atomic mass is 28.3. The van der Waals surface area contributed by atoms with Crippen molar-refractivity contribution in [3.05, 3.63) is 243 Å². The Kier molecular flexibility index (Phi) is 8.23. The lowest BCUT2D eigenvalue weighted by atomic mass is 9.99. The summed E-state index contributed by atoms with van der Waals surface area (Å²) in [5, 5.41) is 12.6. The number of rotatable bonds is 7. The Morgan fingerprint density at radius 3 is 1.42 bits per heavy atom. The van der Waals surface area contributed by atoms with Crippen LogP contribution in [0.2, 0.25) is 0 Å². The van der Waals surface area contributed by atoms with Crippen molar-refractivity contribution >= 4 is 94.4 Å². The Labute approximate surface area is 371 Å². The van der Waals surface area contributed by atoms with Gasteiger partial charge >= 0.3 is 0 Å². The Morgan fingerprint density at radius 1 is 0.297 bits per heavy atom. The largest absolute Gasteiger partial charge is 0.455 e. The van der Waals surface area contributed by atoms with Gasteiger partial charge in [0.25, 0.3) is 0 Å². The first kappa shape index (κ1) is 36.5. The predicted molar refractivity (Wildman–Crippen MR) is 271 cm³/mol.